The minimum Gasteiger partial charge on any atom is -0.493 e. The highest BCUT2D eigenvalue weighted by molar-refractivity contribution is 6.32. The lowest BCUT2D eigenvalue weighted by Crippen LogP contribution is -2.16. The highest BCUT2D eigenvalue weighted by atomic mass is 35.5. The topological polar surface area (TPSA) is 112 Å². The van der Waals surface area contributed by atoms with Crippen LogP contribution in [0, 0.1) is 10.1 Å². The molecule has 2 rings (SSSR count). The quantitative estimate of drug-likeness (QED) is 0.437. The molecule has 1 amide bonds. The van der Waals surface area contributed by atoms with Gasteiger partial charge in [0.2, 0.25) is 0 Å². The third-order valence-corrected chi connectivity index (χ3v) is 3.65. The van der Waals surface area contributed by atoms with Gasteiger partial charge < -0.3 is 14.2 Å². The third kappa shape index (κ3) is 5.32. The van der Waals surface area contributed by atoms with Crippen molar-refractivity contribution in [3.8, 4) is 11.5 Å². The summed E-state index contributed by atoms with van der Waals surface area (Å²) in [6.07, 6.45) is 0.630. The molecule has 0 fully saturated rings. The molecule has 0 radical (unpaired) electrons. The Labute approximate surface area is 159 Å². The van der Waals surface area contributed by atoms with Gasteiger partial charge >= 0.3 is 6.09 Å². The number of hydrogen-bond acceptors (Lipinski definition) is 7. The number of amides is 1. The van der Waals surface area contributed by atoms with Gasteiger partial charge in [0.05, 0.1) is 35.9 Å². The van der Waals surface area contributed by atoms with Crippen molar-refractivity contribution in [3.05, 3.63) is 62.7 Å². The van der Waals surface area contributed by atoms with Crippen LogP contribution in [-0.4, -0.2) is 31.5 Å². The van der Waals surface area contributed by atoms with Gasteiger partial charge in [-0.1, -0.05) is 23.7 Å². The maximum Gasteiger partial charge on any atom is 0.427 e. The van der Waals surface area contributed by atoms with Gasteiger partial charge in [0.15, 0.2) is 11.5 Å². The Hall–Kier alpha value is -3.33. The van der Waals surface area contributed by atoms with E-state index < -0.39 is 11.0 Å². The average molecular weight is 394 g/mol. The molecule has 9 nitrogen and oxygen atoms in total. The zero-order valence-corrected chi connectivity index (χ0v) is 15.2. The molecule has 10 heteroatoms. The molecule has 0 unspecified atom stereocenters. The number of nitro benzene ring substituents is 1. The van der Waals surface area contributed by atoms with Crippen molar-refractivity contribution in [2.75, 3.05) is 14.2 Å². The van der Waals surface area contributed by atoms with Crippen molar-refractivity contribution >= 4 is 29.6 Å². The van der Waals surface area contributed by atoms with Crippen molar-refractivity contribution in [1.29, 1.82) is 0 Å². The highest BCUT2D eigenvalue weighted by Gasteiger charge is 2.16. The molecule has 0 atom stereocenters. The minimum atomic E-state index is -0.714. The molecule has 0 saturated carbocycles. The van der Waals surface area contributed by atoms with E-state index >= 15 is 0 Å². The van der Waals surface area contributed by atoms with Crippen LogP contribution in [0.3, 0.4) is 0 Å². The lowest BCUT2D eigenvalue weighted by molar-refractivity contribution is -0.385. The summed E-state index contributed by atoms with van der Waals surface area (Å²) in [6.45, 7) is -0.0649. The largest absolute Gasteiger partial charge is 0.493 e. The van der Waals surface area contributed by atoms with E-state index in [2.05, 4.69) is 15.3 Å². The Morgan fingerprint density at radius 3 is 2.74 bits per heavy atom. The van der Waals surface area contributed by atoms with Crippen molar-refractivity contribution in [3.63, 3.8) is 0 Å². The second-order valence-electron chi connectivity index (χ2n) is 5.07. The molecular weight excluding hydrogens is 378 g/mol. The number of hydrogen-bond donors (Lipinski definition) is 1. The molecular formula is C17H16ClN3O6. The number of hydrazone groups is 1. The fraction of sp³-hybridized carbons (Fsp3) is 0.176. The van der Waals surface area contributed by atoms with Crippen LogP contribution in [0.5, 0.6) is 11.5 Å². The number of para-hydroxylation sites is 1. The van der Waals surface area contributed by atoms with Gasteiger partial charge in [0.1, 0.15) is 6.61 Å². The summed E-state index contributed by atoms with van der Waals surface area (Å²) in [4.78, 5) is 21.6. The summed E-state index contributed by atoms with van der Waals surface area (Å²) in [5.74, 6) is 0.538. The number of nitro groups is 1. The number of nitrogens with zero attached hydrogens (tertiary/aromatic N) is 2. The van der Waals surface area contributed by atoms with E-state index in [1.54, 1.807) is 30.3 Å². The van der Waals surface area contributed by atoms with Gasteiger partial charge in [0, 0.05) is 6.07 Å². The number of rotatable bonds is 7. The number of carbonyl (C=O) groups is 1. The number of ether oxygens (including phenoxy) is 3. The van der Waals surface area contributed by atoms with Gasteiger partial charge in [-0.15, -0.1) is 0 Å². The molecule has 0 aromatic heterocycles. The van der Waals surface area contributed by atoms with Gasteiger partial charge in [-0.3, -0.25) is 10.1 Å². The van der Waals surface area contributed by atoms with Crippen molar-refractivity contribution in [1.82, 2.24) is 5.43 Å². The first-order valence-corrected chi connectivity index (χ1v) is 7.93. The van der Waals surface area contributed by atoms with Crippen LogP contribution in [0.2, 0.25) is 5.02 Å². The van der Waals surface area contributed by atoms with E-state index in [4.69, 9.17) is 21.1 Å². The summed E-state index contributed by atoms with van der Waals surface area (Å²) in [7, 11) is 2.64. The molecule has 2 aromatic rings. The maximum atomic E-state index is 11.1. The second kappa shape index (κ2) is 9.39. The standard InChI is InChI=1S/C17H16ClN3O6/c1-25-15-8-11(9-19-20-17(22)26-2)7-13(18)16(15)27-10-12-5-3-4-6-14(12)21(23)24/h3-9H,10H2,1-2H3,(H,20,22)/b19-9-. The molecule has 0 bridgehead atoms. The molecule has 0 heterocycles. The predicted molar refractivity (Wildman–Crippen MR) is 98.6 cm³/mol. The van der Waals surface area contributed by atoms with Gasteiger partial charge in [-0.05, 0) is 23.8 Å². The van der Waals surface area contributed by atoms with Crippen LogP contribution in [0.25, 0.3) is 0 Å². The molecule has 142 valence electrons. The third-order valence-electron chi connectivity index (χ3n) is 3.37. The van der Waals surface area contributed by atoms with Crippen LogP contribution >= 0.6 is 11.6 Å². The summed E-state index contributed by atoms with van der Waals surface area (Å²) in [5.41, 5.74) is 3.02. The Balaban J connectivity index is 2.20. The first kappa shape index (κ1) is 20.0. The highest BCUT2D eigenvalue weighted by Crippen LogP contribution is 2.37. The molecule has 0 aliphatic carbocycles. The fourth-order valence-corrected chi connectivity index (χ4v) is 2.39. The van der Waals surface area contributed by atoms with E-state index in [9.17, 15) is 14.9 Å². The molecule has 0 aliphatic rings. The van der Waals surface area contributed by atoms with Gasteiger partial charge in [-0.25, -0.2) is 10.2 Å². The number of methoxy groups -OCH3 is 2. The Morgan fingerprint density at radius 2 is 2.07 bits per heavy atom. The van der Waals surface area contributed by atoms with Crippen molar-refractivity contribution < 1.29 is 23.9 Å². The lowest BCUT2D eigenvalue weighted by atomic mass is 10.2. The van der Waals surface area contributed by atoms with E-state index in [-0.39, 0.29) is 23.1 Å². The van der Waals surface area contributed by atoms with E-state index in [1.165, 1.54) is 26.5 Å². The number of benzene rings is 2. The smallest absolute Gasteiger partial charge is 0.427 e. The number of nitrogens with one attached hydrogen (secondary N) is 1. The molecule has 0 saturated heterocycles. The number of carbonyl (C=O) groups excluding carboxylic acids is 1. The van der Waals surface area contributed by atoms with Crippen molar-refractivity contribution in [2.24, 2.45) is 5.10 Å². The van der Waals surface area contributed by atoms with Crippen molar-refractivity contribution in [2.45, 2.75) is 6.61 Å². The average Bonchev–Trinajstić information content (AvgIpc) is 2.66. The van der Waals surface area contributed by atoms with Crippen LogP contribution in [-0.2, 0) is 11.3 Å². The first-order valence-electron chi connectivity index (χ1n) is 7.56. The zero-order chi connectivity index (χ0) is 19.8. The first-order chi connectivity index (χ1) is 13.0. The SMILES string of the molecule is COC(=O)N/N=C\c1cc(Cl)c(OCc2ccccc2[N+](=O)[O-])c(OC)c1. The Morgan fingerprint density at radius 1 is 1.33 bits per heavy atom. The maximum absolute atomic E-state index is 11.1. The zero-order valence-electron chi connectivity index (χ0n) is 14.5. The van der Waals surface area contributed by atoms with Crippen LogP contribution in [0.15, 0.2) is 41.5 Å². The second-order valence-corrected chi connectivity index (χ2v) is 5.48. The molecule has 2 aromatic carbocycles. The van der Waals surface area contributed by atoms with E-state index in [1.807, 2.05) is 0 Å². The van der Waals surface area contributed by atoms with Crippen LogP contribution in [0.4, 0.5) is 10.5 Å². The molecule has 0 spiro atoms. The summed E-state index contributed by atoms with van der Waals surface area (Å²) in [6, 6.07) is 9.37. The van der Waals surface area contributed by atoms with Gasteiger partial charge in [-0.2, -0.15) is 5.10 Å². The summed E-state index contributed by atoms with van der Waals surface area (Å²) in [5, 5.41) is 15.0. The monoisotopic (exact) mass is 393 g/mol. The predicted octanol–water partition coefficient (Wildman–Crippen LogP) is 3.53. The van der Waals surface area contributed by atoms with E-state index in [0.29, 0.717) is 16.9 Å². The Bertz CT molecular complexity index is 872. The molecule has 1 N–H and O–H groups in total. The molecule has 27 heavy (non-hydrogen) atoms. The minimum absolute atomic E-state index is 0.0507. The lowest BCUT2D eigenvalue weighted by Gasteiger charge is -2.13. The van der Waals surface area contributed by atoms with Gasteiger partial charge in [0.25, 0.3) is 5.69 Å². The van der Waals surface area contributed by atoms with E-state index in [0.717, 1.165) is 0 Å². The normalized spacial score (nSPS) is 10.5. The summed E-state index contributed by atoms with van der Waals surface area (Å²) >= 11 is 6.24. The fourth-order valence-electron chi connectivity index (χ4n) is 2.12. The van der Waals surface area contributed by atoms with Crippen LogP contribution in [0.1, 0.15) is 11.1 Å². The Kier molecular flexibility index (Phi) is 6.95. The molecule has 0 aliphatic heterocycles. The summed E-state index contributed by atoms with van der Waals surface area (Å²) < 4.78 is 15.3. The number of halogens is 1. The van der Waals surface area contributed by atoms with Crippen LogP contribution < -0.4 is 14.9 Å².